The molecule has 0 saturated carbocycles. The van der Waals surface area contributed by atoms with Crippen LogP contribution < -0.4 is 5.32 Å². The van der Waals surface area contributed by atoms with E-state index in [-0.39, 0.29) is 17.6 Å². The highest BCUT2D eigenvalue weighted by Gasteiger charge is 2.30. The van der Waals surface area contributed by atoms with E-state index in [1.165, 1.54) is 6.07 Å². The number of ether oxygens (including phenoxy) is 1. The van der Waals surface area contributed by atoms with Gasteiger partial charge in [0.25, 0.3) is 0 Å². The molecule has 1 aromatic carbocycles. The highest BCUT2D eigenvalue weighted by atomic mass is 19.1. The molecule has 1 N–H and O–H groups in total. The number of carbonyl (C=O) groups excluding carboxylic acids is 1. The molecule has 29 heavy (non-hydrogen) atoms. The molecule has 2 fully saturated rings. The van der Waals surface area contributed by atoms with E-state index in [4.69, 9.17) is 9.73 Å². The van der Waals surface area contributed by atoms with Gasteiger partial charge in [0.1, 0.15) is 5.82 Å². The molecule has 6 nitrogen and oxygen atoms in total. The Balaban J connectivity index is 1.46. The maximum atomic E-state index is 13.3. The molecular weight excluding hydrogens is 371 g/mol. The number of guanidine groups is 1. The first-order valence-electron chi connectivity index (χ1n) is 10.8. The summed E-state index contributed by atoms with van der Waals surface area (Å²) in [5.74, 6) is 1.13. The van der Waals surface area contributed by atoms with Crippen molar-refractivity contribution in [3.05, 3.63) is 35.6 Å². The van der Waals surface area contributed by atoms with E-state index in [1.54, 1.807) is 12.1 Å². The molecule has 2 aliphatic rings. The summed E-state index contributed by atoms with van der Waals surface area (Å²) in [6.45, 7) is 8.00. The molecule has 2 aliphatic heterocycles. The van der Waals surface area contributed by atoms with Crippen molar-refractivity contribution >= 4 is 11.9 Å². The summed E-state index contributed by atoms with van der Waals surface area (Å²) in [5, 5.41) is 3.37. The molecular formula is C22H33FN4O2. The molecule has 0 unspecified atom stereocenters. The number of benzene rings is 1. The number of carbonyl (C=O) groups is 1. The third kappa shape index (κ3) is 6.42. The summed E-state index contributed by atoms with van der Waals surface area (Å²) in [4.78, 5) is 21.7. The van der Waals surface area contributed by atoms with E-state index in [0.717, 1.165) is 56.8 Å². The molecule has 0 aliphatic carbocycles. The van der Waals surface area contributed by atoms with Gasteiger partial charge >= 0.3 is 0 Å². The molecule has 2 saturated heterocycles. The smallest absolute Gasteiger partial charge is 0.225 e. The molecule has 0 radical (unpaired) electrons. The van der Waals surface area contributed by atoms with Gasteiger partial charge in [-0.05, 0) is 50.3 Å². The number of aryl methyl sites for hydroxylation is 1. The van der Waals surface area contributed by atoms with Crippen LogP contribution in [-0.2, 0) is 16.0 Å². The van der Waals surface area contributed by atoms with Crippen molar-refractivity contribution in [1.82, 2.24) is 15.1 Å². The minimum Gasteiger partial charge on any atom is -0.378 e. The second kappa shape index (κ2) is 11.1. The van der Waals surface area contributed by atoms with Crippen molar-refractivity contribution in [3.63, 3.8) is 0 Å². The van der Waals surface area contributed by atoms with Gasteiger partial charge in [0.05, 0.1) is 13.2 Å². The Hall–Kier alpha value is -2.15. The summed E-state index contributed by atoms with van der Waals surface area (Å²) in [6, 6.07) is 6.76. The Morgan fingerprint density at radius 2 is 1.97 bits per heavy atom. The Morgan fingerprint density at radius 3 is 2.66 bits per heavy atom. The SMILES string of the molecule is CCNC(=NCCCc1cccc(F)c1)N1CCC(C(=O)N2CCOCC2)CC1. The molecule has 0 aromatic heterocycles. The average Bonchev–Trinajstić information content (AvgIpc) is 2.76. The number of hydrogen-bond acceptors (Lipinski definition) is 3. The number of nitrogens with zero attached hydrogens (tertiary/aromatic N) is 3. The van der Waals surface area contributed by atoms with Crippen molar-refractivity contribution in [2.45, 2.75) is 32.6 Å². The summed E-state index contributed by atoms with van der Waals surface area (Å²) in [5.41, 5.74) is 1.01. The summed E-state index contributed by atoms with van der Waals surface area (Å²) < 4.78 is 18.6. The number of morpholine rings is 1. The van der Waals surface area contributed by atoms with Crippen molar-refractivity contribution in [1.29, 1.82) is 0 Å². The van der Waals surface area contributed by atoms with Gasteiger partial charge in [0.15, 0.2) is 5.96 Å². The molecule has 0 spiro atoms. The van der Waals surface area contributed by atoms with E-state index in [9.17, 15) is 9.18 Å². The molecule has 1 amide bonds. The van der Waals surface area contributed by atoms with Crippen molar-refractivity contribution in [2.24, 2.45) is 10.9 Å². The van der Waals surface area contributed by atoms with Gasteiger partial charge in [0.2, 0.25) is 5.91 Å². The number of rotatable bonds is 6. The second-order valence-electron chi connectivity index (χ2n) is 7.67. The fourth-order valence-electron chi connectivity index (χ4n) is 3.97. The molecule has 0 atom stereocenters. The minimum atomic E-state index is -0.186. The average molecular weight is 405 g/mol. The Morgan fingerprint density at radius 1 is 1.21 bits per heavy atom. The lowest BCUT2D eigenvalue weighted by Gasteiger charge is -2.36. The quantitative estimate of drug-likeness (QED) is 0.449. The predicted molar refractivity (Wildman–Crippen MR) is 112 cm³/mol. The van der Waals surface area contributed by atoms with Gasteiger partial charge in [0, 0.05) is 45.2 Å². The van der Waals surface area contributed by atoms with Crippen LogP contribution in [0.4, 0.5) is 4.39 Å². The topological polar surface area (TPSA) is 57.2 Å². The van der Waals surface area contributed by atoms with Crippen molar-refractivity contribution < 1.29 is 13.9 Å². The zero-order valence-corrected chi connectivity index (χ0v) is 17.4. The first kappa shape index (κ1) is 21.6. The first-order chi connectivity index (χ1) is 14.2. The van der Waals surface area contributed by atoms with Crippen LogP contribution >= 0.6 is 0 Å². The number of amides is 1. The molecule has 160 valence electrons. The highest BCUT2D eigenvalue weighted by molar-refractivity contribution is 5.81. The number of piperidine rings is 1. The van der Waals surface area contributed by atoms with Crippen LogP contribution in [0.15, 0.2) is 29.3 Å². The van der Waals surface area contributed by atoms with Gasteiger partial charge in [-0.1, -0.05) is 12.1 Å². The lowest BCUT2D eigenvalue weighted by molar-refractivity contribution is -0.140. The Labute approximate surface area is 173 Å². The van der Waals surface area contributed by atoms with Gasteiger partial charge < -0.3 is 19.9 Å². The van der Waals surface area contributed by atoms with Crippen molar-refractivity contribution in [2.75, 3.05) is 52.5 Å². The number of nitrogens with one attached hydrogen (secondary N) is 1. The number of halogens is 1. The predicted octanol–water partition coefficient (Wildman–Crippen LogP) is 2.29. The fraction of sp³-hybridized carbons (Fsp3) is 0.636. The molecule has 2 heterocycles. The van der Waals surface area contributed by atoms with Crippen LogP contribution in [0.5, 0.6) is 0 Å². The van der Waals surface area contributed by atoms with Gasteiger partial charge in [-0.15, -0.1) is 0 Å². The summed E-state index contributed by atoms with van der Waals surface area (Å²) in [6.07, 6.45) is 3.43. The molecule has 1 aromatic rings. The van der Waals surface area contributed by atoms with Gasteiger partial charge in [-0.25, -0.2) is 4.39 Å². The van der Waals surface area contributed by atoms with E-state index < -0.39 is 0 Å². The normalized spacial score (nSPS) is 18.8. The third-order valence-electron chi connectivity index (χ3n) is 5.58. The Bertz CT molecular complexity index is 683. The van der Waals surface area contributed by atoms with Crippen LogP contribution in [-0.4, -0.2) is 74.1 Å². The fourth-order valence-corrected chi connectivity index (χ4v) is 3.97. The van der Waals surface area contributed by atoms with Crippen LogP contribution in [0, 0.1) is 11.7 Å². The van der Waals surface area contributed by atoms with Gasteiger partial charge in [-0.2, -0.15) is 0 Å². The first-order valence-corrected chi connectivity index (χ1v) is 10.8. The zero-order valence-electron chi connectivity index (χ0n) is 17.4. The zero-order chi connectivity index (χ0) is 20.5. The number of hydrogen-bond donors (Lipinski definition) is 1. The number of aliphatic imine (C=N–C) groups is 1. The molecule has 7 heteroatoms. The molecule has 3 rings (SSSR count). The van der Waals surface area contributed by atoms with Crippen LogP contribution in [0.2, 0.25) is 0 Å². The van der Waals surface area contributed by atoms with Crippen molar-refractivity contribution in [3.8, 4) is 0 Å². The molecule has 0 bridgehead atoms. The monoisotopic (exact) mass is 404 g/mol. The van der Waals surface area contributed by atoms with E-state index in [0.29, 0.717) is 32.8 Å². The standard InChI is InChI=1S/C22H33FN4O2/c1-2-24-22(25-10-4-6-18-5-3-7-20(23)17-18)27-11-8-19(9-12-27)21(28)26-13-15-29-16-14-26/h3,5,7,17,19H,2,4,6,8-16H2,1H3,(H,24,25). The Kier molecular flexibility index (Phi) is 8.28. The third-order valence-corrected chi connectivity index (χ3v) is 5.58. The van der Waals surface area contributed by atoms with Crippen LogP contribution in [0.3, 0.4) is 0 Å². The summed E-state index contributed by atoms with van der Waals surface area (Å²) >= 11 is 0. The highest BCUT2D eigenvalue weighted by Crippen LogP contribution is 2.20. The minimum absolute atomic E-state index is 0.111. The summed E-state index contributed by atoms with van der Waals surface area (Å²) in [7, 11) is 0. The van der Waals surface area contributed by atoms with Gasteiger partial charge in [-0.3, -0.25) is 9.79 Å². The van der Waals surface area contributed by atoms with Crippen LogP contribution in [0.1, 0.15) is 31.7 Å². The van der Waals surface area contributed by atoms with E-state index in [2.05, 4.69) is 17.1 Å². The van der Waals surface area contributed by atoms with E-state index >= 15 is 0 Å². The second-order valence-corrected chi connectivity index (χ2v) is 7.67. The maximum absolute atomic E-state index is 13.3. The maximum Gasteiger partial charge on any atom is 0.225 e. The van der Waals surface area contributed by atoms with Crippen LogP contribution in [0.25, 0.3) is 0 Å². The largest absolute Gasteiger partial charge is 0.378 e. The van der Waals surface area contributed by atoms with E-state index in [1.807, 2.05) is 11.0 Å². The lowest BCUT2D eigenvalue weighted by Crippen LogP contribution is -2.50. The number of likely N-dealkylation sites (tertiary alicyclic amines) is 1. The lowest BCUT2D eigenvalue weighted by atomic mass is 9.95.